The summed E-state index contributed by atoms with van der Waals surface area (Å²) in [5.74, 6) is 1.05. The lowest BCUT2D eigenvalue weighted by Gasteiger charge is -2.30. The van der Waals surface area contributed by atoms with Crippen LogP contribution < -0.4 is 10.6 Å². The van der Waals surface area contributed by atoms with Gasteiger partial charge in [-0.15, -0.1) is 0 Å². The van der Waals surface area contributed by atoms with Gasteiger partial charge in [0, 0.05) is 19.6 Å². The molecule has 0 saturated carbocycles. The van der Waals surface area contributed by atoms with Crippen molar-refractivity contribution >= 4 is 6.03 Å². The van der Waals surface area contributed by atoms with Crippen LogP contribution in [0.1, 0.15) is 46.5 Å². The number of likely N-dealkylation sites (tertiary alicyclic amines) is 1. The van der Waals surface area contributed by atoms with Gasteiger partial charge in [0.25, 0.3) is 0 Å². The summed E-state index contributed by atoms with van der Waals surface area (Å²) in [4.78, 5) is 14.1. The Labute approximate surface area is 129 Å². The number of hydrogen-bond acceptors (Lipinski definition) is 3. The SMILES string of the molecule is CC1CCCN(CCCNC(=O)NCCC(O)C(C)C)C1. The third kappa shape index (κ3) is 8.27. The second kappa shape index (κ2) is 10.0. The number of piperidine rings is 1. The Morgan fingerprint density at radius 3 is 2.71 bits per heavy atom. The van der Waals surface area contributed by atoms with Gasteiger partial charge in [-0.1, -0.05) is 20.8 Å². The standard InChI is InChI=1S/C16H33N3O2/c1-13(2)15(20)7-9-18-16(21)17-8-5-11-19-10-4-6-14(3)12-19/h13-15,20H,4-12H2,1-3H3,(H2,17,18,21). The molecule has 124 valence electrons. The summed E-state index contributed by atoms with van der Waals surface area (Å²) < 4.78 is 0. The molecule has 1 aliphatic rings. The van der Waals surface area contributed by atoms with Gasteiger partial charge in [-0.05, 0) is 50.6 Å². The number of hydrogen-bond donors (Lipinski definition) is 3. The lowest BCUT2D eigenvalue weighted by atomic mass is 10.0. The first-order valence-electron chi connectivity index (χ1n) is 8.41. The van der Waals surface area contributed by atoms with E-state index in [0.717, 1.165) is 18.9 Å². The molecular formula is C16H33N3O2. The summed E-state index contributed by atoms with van der Waals surface area (Å²) in [5, 5.41) is 15.3. The number of carbonyl (C=O) groups excluding carboxylic acids is 1. The monoisotopic (exact) mass is 299 g/mol. The molecule has 1 saturated heterocycles. The quantitative estimate of drug-likeness (QED) is 0.599. The van der Waals surface area contributed by atoms with Crippen LogP contribution in [0.15, 0.2) is 0 Å². The summed E-state index contributed by atoms with van der Waals surface area (Å²) in [6.07, 6.45) is 3.91. The predicted molar refractivity (Wildman–Crippen MR) is 86.3 cm³/mol. The van der Waals surface area contributed by atoms with E-state index in [0.29, 0.717) is 19.5 Å². The molecule has 5 nitrogen and oxygen atoms in total. The molecule has 0 spiro atoms. The maximum absolute atomic E-state index is 11.6. The van der Waals surface area contributed by atoms with Gasteiger partial charge in [-0.2, -0.15) is 0 Å². The molecule has 1 heterocycles. The van der Waals surface area contributed by atoms with Crippen molar-refractivity contribution in [3.05, 3.63) is 0 Å². The molecule has 0 aromatic rings. The zero-order valence-corrected chi connectivity index (χ0v) is 13.9. The van der Waals surface area contributed by atoms with Gasteiger partial charge < -0.3 is 20.6 Å². The molecule has 2 amide bonds. The second-order valence-corrected chi connectivity index (χ2v) is 6.68. The maximum atomic E-state index is 11.6. The van der Waals surface area contributed by atoms with E-state index in [-0.39, 0.29) is 18.1 Å². The smallest absolute Gasteiger partial charge is 0.314 e. The molecule has 0 aromatic heterocycles. The molecule has 21 heavy (non-hydrogen) atoms. The Hall–Kier alpha value is -0.810. The van der Waals surface area contributed by atoms with Gasteiger partial charge in [-0.3, -0.25) is 0 Å². The average molecular weight is 299 g/mol. The summed E-state index contributed by atoms with van der Waals surface area (Å²) >= 11 is 0. The Morgan fingerprint density at radius 1 is 1.33 bits per heavy atom. The van der Waals surface area contributed by atoms with Crippen LogP contribution in [0.2, 0.25) is 0 Å². The molecular weight excluding hydrogens is 266 g/mol. The van der Waals surface area contributed by atoms with Crippen molar-refractivity contribution in [3.8, 4) is 0 Å². The summed E-state index contributed by atoms with van der Waals surface area (Å²) in [6.45, 7) is 11.0. The maximum Gasteiger partial charge on any atom is 0.314 e. The van der Waals surface area contributed by atoms with Gasteiger partial charge in [0.1, 0.15) is 0 Å². The Balaban J connectivity index is 1.98. The molecule has 0 bridgehead atoms. The molecule has 0 aromatic carbocycles. The minimum atomic E-state index is -0.341. The van der Waals surface area contributed by atoms with Crippen LogP contribution in [0.4, 0.5) is 4.79 Å². The fourth-order valence-corrected chi connectivity index (χ4v) is 2.72. The van der Waals surface area contributed by atoms with Crippen LogP contribution in [0.3, 0.4) is 0 Å². The van der Waals surface area contributed by atoms with Gasteiger partial charge in [0.05, 0.1) is 6.10 Å². The Bertz CT molecular complexity index is 297. The summed E-state index contributed by atoms with van der Waals surface area (Å²) in [6, 6.07) is -0.127. The fraction of sp³-hybridized carbons (Fsp3) is 0.938. The topological polar surface area (TPSA) is 64.6 Å². The zero-order valence-electron chi connectivity index (χ0n) is 13.9. The van der Waals surface area contributed by atoms with Crippen LogP contribution >= 0.6 is 0 Å². The average Bonchev–Trinajstić information content (AvgIpc) is 2.43. The molecule has 1 fully saturated rings. The van der Waals surface area contributed by atoms with Gasteiger partial charge in [-0.25, -0.2) is 4.79 Å². The number of aliphatic hydroxyl groups is 1. The van der Waals surface area contributed by atoms with Crippen molar-refractivity contribution in [3.63, 3.8) is 0 Å². The van der Waals surface area contributed by atoms with Crippen molar-refractivity contribution < 1.29 is 9.90 Å². The number of amides is 2. The zero-order chi connectivity index (χ0) is 15.7. The lowest BCUT2D eigenvalue weighted by molar-refractivity contribution is 0.116. The van der Waals surface area contributed by atoms with E-state index in [1.165, 1.54) is 25.9 Å². The molecule has 2 unspecified atom stereocenters. The molecule has 5 heteroatoms. The van der Waals surface area contributed by atoms with Crippen LogP contribution in [-0.2, 0) is 0 Å². The van der Waals surface area contributed by atoms with Crippen molar-refractivity contribution in [1.29, 1.82) is 0 Å². The number of aliphatic hydroxyl groups excluding tert-OH is 1. The third-order valence-corrected chi connectivity index (χ3v) is 4.17. The van der Waals surface area contributed by atoms with Crippen molar-refractivity contribution in [2.75, 3.05) is 32.7 Å². The Morgan fingerprint density at radius 2 is 2.05 bits per heavy atom. The second-order valence-electron chi connectivity index (χ2n) is 6.68. The minimum absolute atomic E-state index is 0.127. The normalized spacial score (nSPS) is 21.3. The predicted octanol–water partition coefficient (Wildman–Crippen LogP) is 1.81. The lowest BCUT2D eigenvalue weighted by Crippen LogP contribution is -2.40. The van der Waals surface area contributed by atoms with E-state index in [1.54, 1.807) is 0 Å². The largest absolute Gasteiger partial charge is 0.393 e. The molecule has 3 N–H and O–H groups in total. The highest BCUT2D eigenvalue weighted by Gasteiger charge is 2.15. The van der Waals surface area contributed by atoms with E-state index in [9.17, 15) is 9.90 Å². The first-order chi connectivity index (χ1) is 9.99. The third-order valence-electron chi connectivity index (χ3n) is 4.17. The number of carbonyl (C=O) groups is 1. The highest BCUT2D eigenvalue weighted by molar-refractivity contribution is 5.73. The highest BCUT2D eigenvalue weighted by Crippen LogP contribution is 2.15. The molecule has 1 aliphatic heterocycles. The van der Waals surface area contributed by atoms with E-state index in [4.69, 9.17) is 0 Å². The van der Waals surface area contributed by atoms with Crippen LogP contribution in [0.5, 0.6) is 0 Å². The molecule has 0 radical (unpaired) electrons. The summed E-state index contributed by atoms with van der Waals surface area (Å²) in [7, 11) is 0. The molecule has 0 aliphatic carbocycles. The van der Waals surface area contributed by atoms with Crippen LogP contribution in [0, 0.1) is 11.8 Å². The van der Waals surface area contributed by atoms with E-state index >= 15 is 0 Å². The molecule has 1 rings (SSSR count). The number of nitrogens with zero attached hydrogens (tertiary/aromatic N) is 1. The first-order valence-corrected chi connectivity index (χ1v) is 8.41. The summed E-state index contributed by atoms with van der Waals surface area (Å²) in [5.41, 5.74) is 0. The number of urea groups is 1. The number of nitrogens with one attached hydrogen (secondary N) is 2. The first kappa shape index (κ1) is 18.2. The van der Waals surface area contributed by atoms with E-state index < -0.39 is 0 Å². The van der Waals surface area contributed by atoms with Gasteiger partial charge in [0.15, 0.2) is 0 Å². The van der Waals surface area contributed by atoms with Crippen molar-refractivity contribution in [2.24, 2.45) is 11.8 Å². The fourth-order valence-electron chi connectivity index (χ4n) is 2.72. The van der Waals surface area contributed by atoms with Crippen LogP contribution in [0.25, 0.3) is 0 Å². The van der Waals surface area contributed by atoms with Crippen molar-refractivity contribution in [2.45, 2.75) is 52.6 Å². The molecule has 2 atom stereocenters. The Kier molecular flexibility index (Phi) is 8.69. The van der Waals surface area contributed by atoms with Crippen LogP contribution in [-0.4, -0.2) is 54.9 Å². The van der Waals surface area contributed by atoms with E-state index in [1.807, 2.05) is 13.8 Å². The van der Waals surface area contributed by atoms with Crippen molar-refractivity contribution in [1.82, 2.24) is 15.5 Å². The van der Waals surface area contributed by atoms with E-state index in [2.05, 4.69) is 22.5 Å². The minimum Gasteiger partial charge on any atom is -0.393 e. The number of rotatable bonds is 8. The van der Waals surface area contributed by atoms with Gasteiger partial charge in [0.2, 0.25) is 0 Å². The van der Waals surface area contributed by atoms with Gasteiger partial charge >= 0.3 is 6.03 Å². The highest BCUT2D eigenvalue weighted by atomic mass is 16.3.